The molecule has 2 unspecified atom stereocenters. The minimum absolute atomic E-state index is 0.0394. The number of methoxy groups -OCH3 is 1. The Morgan fingerprint density at radius 1 is 0.928 bits per heavy atom. The average Bonchev–Trinajstić information content (AvgIpc) is 4.39. The van der Waals surface area contributed by atoms with Crippen LogP contribution in [0.4, 0.5) is 10.2 Å². The van der Waals surface area contributed by atoms with Crippen molar-refractivity contribution in [3.05, 3.63) is 113 Å². The second-order valence-corrected chi connectivity index (χ2v) is 23.5. The lowest BCUT2D eigenvalue weighted by molar-refractivity contribution is -0.142. The minimum Gasteiger partial charge on any atom is -0.486 e. The Kier molecular flexibility index (Phi) is 14.7. The topological polar surface area (TPSA) is 236 Å². The lowest BCUT2D eigenvalue weighted by atomic mass is 9.88. The highest BCUT2D eigenvalue weighted by Crippen LogP contribution is 2.54. The number of nitrogens with zero attached hydrogens (tertiary/aromatic N) is 10. The van der Waals surface area contributed by atoms with Crippen molar-refractivity contribution >= 4 is 39.4 Å². The number of H-pyrrole nitrogens is 1. The van der Waals surface area contributed by atoms with E-state index < -0.39 is 30.1 Å². The fraction of sp³-hybridized carbons (Fsp3) is 0.452. The van der Waals surface area contributed by atoms with E-state index >= 15 is 4.39 Å². The van der Waals surface area contributed by atoms with Gasteiger partial charge in [0, 0.05) is 91.9 Å². The summed E-state index contributed by atoms with van der Waals surface area (Å²) in [4.78, 5) is 43.0. The van der Waals surface area contributed by atoms with Gasteiger partial charge in [-0.3, -0.25) is 19.4 Å². The molecule has 0 radical (unpaired) electrons. The Bertz CT molecular complexity index is 3710. The first kappa shape index (κ1) is 54.4. The van der Waals surface area contributed by atoms with E-state index in [9.17, 15) is 19.8 Å². The van der Waals surface area contributed by atoms with Crippen molar-refractivity contribution in [2.24, 2.45) is 5.92 Å². The van der Waals surface area contributed by atoms with E-state index in [4.69, 9.17) is 24.2 Å². The Morgan fingerprint density at radius 3 is 2.43 bits per heavy atom. The highest BCUT2D eigenvalue weighted by molar-refractivity contribution is 6.06. The van der Waals surface area contributed by atoms with Crippen molar-refractivity contribution in [1.29, 1.82) is 0 Å². The van der Waals surface area contributed by atoms with Gasteiger partial charge in [-0.2, -0.15) is 20.2 Å². The van der Waals surface area contributed by atoms with E-state index in [1.54, 1.807) is 25.7 Å². The highest BCUT2D eigenvalue weighted by Gasteiger charge is 2.44. The molecule has 2 bridgehead atoms. The number of nitrogens with one attached hydrogen (secondary N) is 3. The predicted octanol–water partition coefficient (Wildman–Crippen LogP) is 7.72. The number of likely N-dealkylation sites (tertiary alicyclic amines) is 1. The molecule has 20 nitrogen and oxygen atoms in total. The van der Waals surface area contributed by atoms with Crippen molar-refractivity contribution in [1.82, 2.24) is 60.5 Å². The van der Waals surface area contributed by atoms with Gasteiger partial charge in [-0.05, 0) is 104 Å². The molecule has 13 rings (SSSR count). The van der Waals surface area contributed by atoms with Gasteiger partial charge in [-0.25, -0.2) is 9.07 Å². The third-order valence-corrected chi connectivity index (χ3v) is 17.7. The van der Waals surface area contributed by atoms with Crippen LogP contribution in [-0.4, -0.2) is 142 Å². The fourth-order valence-electron chi connectivity index (χ4n) is 13.2. The number of aliphatic hydroxyl groups is 2. The van der Waals surface area contributed by atoms with E-state index in [-0.39, 0.29) is 74.0 Å². The minimum atomic E-state index is -0.984. The molecule has 3 aliphatic heterocycles. The molecule has 21 heteroatoms. The van der Waals surface area contributed by atoms with Crippen molar-refractivity contribution in [2.45, 2.75) is 140 Å². The number of fused-ring (bicyclic) bond motifs is 4. The number of β-amino-alcohol motifs (C(OH)–C–C–N with tert-alkyl or cyclic N) is 1. The van der Waals surface area contributed by atoms with Gasteiger partial charge in [0.2, 0.25) is 11.8 Å². The molecule has 4 aromatic carbocycles. The molecule has 83 heavy (non-hydrogen) atoms. The summed E-state index contributed by atoms with van der Waals surface area (Å²) in [5, 5.41) is 50.4. The molecule has 2 amide bonds. The standard InChI is InChI=1S/C62H70FN13O7/c1-6-75-52(19-20-66-75)39-15-13-38(14-16-39)51(31-77)67-60(79)53-22-42(78)29-74(53)61(80)57(33(2)3)76-30-50(71-72-76)37-9-7-35(8-10-37)32-82-58-55(54-34(4)48(63)25-49-47(54)27-65-70-49)45(36-11-12-36)24-46-56(58)68-62(83-44-18-17-43(23-44)81-5)69-59(46)73-28-40-21-41(73)26-64-40/h7-10,13-16,19-20,24-25,27,30,33,36,40-44,51,53,57,64,77-78H,6,11-12,17-18,21-23,26,28-29,31-32H2,1-5H3,(H,65,70)(H,67,79)/t40-,41-,42+,43?,44?,51-,53-,57-/m0/s1. The number of aromatic nitrogens is 9. The average molecular weight is 1130 g/mol. The first-order valence-electron chi connectivity index (χ1n) is 29.2. The lowest BCUT2D eigenvalue weighted by Crippen LogP contribution is -2.50. The molecular weight excluding hydrogens is 1060 g/mol. The number of halogens is 1. The summed E-state index contributed by atoms with van der Waals surface area (Å²) in [6.07, 6.45) is 9.72. The molecule has 432 valence electrons. The molecule has 0 spiro atoms. The summed E-state index contributed by atoms with van der Waals surface area (Å²) < 4.78 is 39.2. The number of amides is 2. The van der Waals surface area contributed by atoms with E-state index in [2.05, 4.69) is 47.2 Å². The summed E-state index contributed by atoms with van der Waals surface area (Å²) in [6.45, 7) is 9.73. The molecule has 5 aliphatic rings. The van der Waals surface area contributed by atoms with Gasteiger partial charge >= 0.3 is 6.01 Å². The van der Waals surface area contributed by atoms with Crippen molar-refractivity contribution in [2.75, 3.05) is 38.3 Å². The zero-order valence-corrected chi connectivity index (χ0v) is 47.3. The van der Waals surface area contributed by atoms with Crippen molar-refractivity contribution in [3.8, 4) is 45.4 Å². The molecule has 8 aromatic rings. The van der Waals surface area contributed by atoms with Crippen molar-refractivity contribution in [3.63, 3.8) is 0 Å². The first-order valence-corrected chi connectivity index (χ1v) is 29.2. The van der Waals surface area contributed by atoms with E-state index in [0.717, 1.165) is 102 Å². The second kappa shape index (κ2) is 22.4. The number of aromatic amines is 1. The number of hydrogen-bond donors (Lipinski definition) is 5. The van der Waals surface area contributed by atoms with Crippen LogP contribution in [0.5, 0.6) is 11.8 Å². The maximum atomic E-state index is 16.2. The molecule has 8 atom stereocenters. The fourth-order valence-corrected chi connectivity index (χ4v) is 13.2. The number of aryl methyl sites for hydroxylation is 1. The van der Waals surface area contributed by atoms with Crippen LogP contribution in [-0.2, 0) is 27.5 Å². The van der Waals surface area contributed by atoms with Gasteiger partial charge in [-0.15, -0.1) is 5.10 Å². The molecule has 3 saturated heterocycles. The predicted molar refractivity (Wildman–Crippen MR) is 309 cm³/mol. The largest absolute Gasteiger partial charge is 0.486 e. The molecule has 5 fully saturated rings. The number of hydrogen-bond acceptors (Lipinski definition) is 15. The zero-order valence-electron chi connectivity index (χ0n) is 47.3. The summed E-state index contributed by atoms with van der Waals surface area (Å²) in [5.41, 5.74) is 8.93. The van der Waals surface area contributed by atoms with Crippen LogP contribution < -0.4 is 25.0 Å². The monoisotopic (exact) mass is 1130 g/mol. The Hall–Kier alpha value is -7.85. The van der Waals surface area contributed by atoms with Gasteiger partial charge in [0.25, 0.3) is 0 Å². The summed E-state index contributed by atoms with van der Waals surface area (Å²) in [6, 6.07) is 19.3. The van der Waals surface area contributed by atoms with E-state index in [1.165, 1.54) is 15.6 Å². The Morgan fingerprint density at radius 2 is 1.72 bits per heavy atom. The number of anilines is 1. The maximum absolute atomic E-state index is 16.2. The third kappa shape index (κ3) is 10.3. The summed E-state index contributed by atoms with van der Waals surface area (Å²) >= 11 is 0. The maximum Gasteiger partial charge on any atom is 0.319 e. The van der Waals surface area contributed by atoms with E-state index in [1.807, 2.05) is 87.0 Å². The Labute approximate surface area is 479 Å². The second-order valence-electron chi connectivity index (χ2n) is 23.5. The smallest absolute Gasteiger partial charge is 0.319 e. The van der Waals surface area contributed by atoms with E-state index in [0.29, 0.717) is 51.8 Å². The number of ether oxygens (including phenoxy) is 3. The van der Waals surface area contributed by atoms with Crippen LogP contribution in [0.3, 0.4) is 0 Å². The first-order chi connectivity index (χ1) is 40.3. The SMILES string of the molecule is CCn1nccc1-c1ccc([C@H](CO)NC(=O)[C@@H]2C[C@@H](O)CN2C(=O)[C@H](C(C)C)n2cc(-c3ccc(COc4c(-c5c(C)c(F)cc6[nH]ncc56)c(C5CC5)cc5c(N6C[C@@H]7C[C@H]6CN7)nc(OC6CCC(OC)C6)nc45)cc3)nn2)cc1. The van der Waals surface area contributed by atoms with Crippen molar-refractivity contribution < 1.29 is 38.4 Å². The quantitative estimate of drug-likeness (QED) is 0.0521. The normalized spacial score (nSPS) is 22.1. The number of carbonyl (C=O) groups excluding carboxylic acids is 2. The molecule has 4 aromatic heterocycles. The zero-order chi connectivity index (χ0) is 57.2. The molecule has 2 aliphatic carbocycles. The third-order valence-electron chi connectivity index (χ3n) is 17.7. The molecule has 5 N–H and O–H groups in total. The van der Waals surface area contributed by atoms with Gasteiger partial charge in [0.05, 0.1) is 48.5 Å². The van der Waals surface area contributed by atoms with Gasteiger partial charge in [-0.1, -0.05) is 67.6 Å². The van der Waals surface area contributed by atoms with Crippen LogP contribution in [0.1, 0.15) is 106 Å². The van der Waals surface area contributed by atoms with Crippen LogP contribution in [0.15, 0.2) is 85.3 Å². The Balaban J connectivity index is 0.782. The number of carbonyl (C=O) groups is 2. The number of rotatable bonds is 19. The number of piperazine rings is 1. The number of benzene rings is 4. The van der Waals surface area contributed by atoms with Crippen LogP contribution >= 0.6 is 0 Å². The molecule has 2 saturated carbocycles. The van der Waals surface area contributed by atoms with Crippen LogP contribution in [0.2, 0.25) is 0 Å². The molecular formula is C62H70FN13O7. The van der Waals surface area contributed by atoms with Gasteiger partial charge in [0.1, 0.15) is 47.6 Å². The van der Waals surface area contributed by atoms with Crippen LogP contribution in [0, 0.1) is 18.7 Å². The highest BCUT2D eigenvalue weighted by atomic mass is 19.1. The molecule has 7 heterocycles. The lowest BCUT2D eigenvalue weighted by Gasteiger charge is -2.30. The summed E-state index contributed by atoms with van der Waals surface area (Å²) in [7, 11) is 1.74. The number of aliphatic hydroxyl groups excluding tert-OH is 2. The van der Waals surface area contributed by atoms with Gasteiger partial charge in [0.15, 0.2) is 5.75 Å². The van der Waals surface area contributed by atoms with Crippen LogP contribution in [0.25, 0.3) is 55.4 Å². The van der Waals surface area contributed by atoms with Gasteiger partial charge < -0.3 is 44.9 Å². The summed E-state index contributed by atoms with van der Waals surface area (Å²) in [5.74, 6) is 0.0704.